The molecule has 2 rings (SSSR count). The van der Waals surface area contributed by atoms with Gasteiger partial charge in [-0.05, 0) is 44.9 Å². The zero-order valence-electron chi connectivity index (χ0n) is 12.6. The Morgan fingerprint density at radius 1 is 1.25 bits per heavy atom. The molecule has 2 aliphatic rings. The Morgan fingerprint density at radius 2 is 1.90 bits per heavy atom. The third-order valence-electron chi connectivity index (χ3n) is 4.69. The van der Waals surface area contributed by atoms with Crippen LogP contribution in [0.5, 0.6) is 0 Å². The molecule has 5 heteroatoms. The maximum atomic E-state index is 12.3. The quantitative estimate of drug-likeness (QED) is 0.806. The molecular formula is C15H27N3O2. The predicted octanol–water partition coefficient (Wildman–Crippen LogP) is 0.877. The third kappa shape index (κ3) is 3.51. The van der Waals surface area contributed by atoms with E-state index in [9.17, 15) is 9.59 Å². The first-order valence-corrected chi connectivity index (χ1v) is 7.83. The lowest BCUT2D eigenvalue weighted by molar-refractivity contribution is -0.137. The summed E-state index contributed by atoms with van der Waals surface area (Å²) in [7, 11) is 0. The smallest absolute Gasteiger partial charge is 0.244 e. The highest BCUT2D eigenvalue weighted by molar-refractivity contribution is 5.88. The van der Waals surface area contributed by atoms with Crippen molar-refractivity contribution in [2.75, 3.05) is 13.1 Å². The summed E-state index contributed by atoms with van der Waals surface area (Å²) in [5.74, 6) is 0.372. The molecule has 0 bridgehead atoms. The fourth-order valence-corrected chi connectivity index (χ4v) is 3.42. The van der Waals surface area contributed by atoms with Gasteiger partial charge in [0.25, 0.3) is 0 Å². The number of nitrogens with one attached hydrogen (secondary N) is 1. The summed E-state index contributed by atoms with van der Waals surface area (Å²) in [6.45, 7) is 5.52. The van der Waals surface area contributed by atoms with Gasteiger partial charge in [0.15, 0.2) is 0 Å². The summed E-state index contributed by atoms with van der Waals surface area (Å²) >= 11 is 0. The van der Waals surface area contributed by atoms with Crippen molar-refractivity contribution in [1.29, 1.82) is 0 Å². The van der Waals surface area contributed by atoms with Gasteiger partial charge in [-0.25, -0.2) is 0 Å². The van der Waals surface area contributed by atoms with Crippen LogP contribution in [-0.2, 0) is 9.59 Å². The van der Waals surface area contributed by atoms with Crippen LogP contribution in [0.2, 0.25) is 0 Å². The zero-order chi connectivity index (χ0) is 14.7. The van der Waals surface area contributed by atoms with Crippen LogP contribution < -0.4 is 11.1 Å². The summed E-state index contributed by atoms with van der Waals surface area (Å²) in [6, 6.07) is -0.193. The molecule has 5 nitrogen and oxygen atoms in total. The normalized spacial score (nSPS) is 31.9. The second-order valence-electron chi connectivity index (χ2n) is 6.42. The molecule has 0 aromatic carbocycles. The van der Waals surface area contributed by atoms with Gasteiger partial charge in [0.1, 0.15) is 6.04 Å². The molecule has 4 unspecified atom stereocenters. The fourth-order valence-electron chi connectivity index (χ4n) is 3.42. The summed E-state index contributed by atoms with van der Waals surface area (Å²) < 4.78 is 0. The van der Waals surface area contributed by atoms with Crippen molar-refractivity contribution in [2.24, 2.45) is 17.6 Å². The van der Waals surface area contributed by atoms with Gasteiger partial charge in [0, 0.05) is 25.0 Å². The summed E-state index contributed by atoms with van der Waals surface area (Å²) in [4.78, 5) is 26.4. The molecule has 114 valence electrons. The maximum Gasteiger partial charge on any atom is 0.244 e. The SMILES string of the molecule is CC(NC(=O)C1CCC(N)CC1C)C(=O)N1CCCC1. The Hall–Kier alpha value is -1.10. The van der Waals surface area contributed by atoms with Crippen molar-refractivity contribution in [3.63, 3.8) is 0 Å². The number of carbonyl (C=O) groups is 2. The van der Waals surface area contributed by atoms with E-state index < -0.39 is 6.04 Å². The fraction of sp³-hybridized carbons (Fsp3) is 0.867. The molecule has 0 radical (unpaired) electrons. The Labute approximate surface area is 121 Å². The molecule has 2 amide bonds. The average molecular weight is 281 g/mol. The van der Waals surface area contributed by atoms with Crippen LogP contribution in [0.3, 0.4) is 0 Å². The summed E-state index contributed by atoms with van der Waals surface area (Å²) in [6.07, 6.45) is 4.77. The van der Waals surface area contributed by atoms with E-state index in [1.165, 1.54) is 0 Å². The van der Waals surface area contributed by atoms with Crippen LogP contribution in [0.25, 0.3) is 0 Å². The van der Waals surface area contributed by atoms with Crippen LogP contribution >= 0.6 is 0 Å². The van der Waals surface area contributed by atoms with Crippen molar-refractivity contribution in [3.8, 4) is 0 Å². The molecule has 1 heterocycles. The van der Waals surface area contributed by atoms with Gasteiger partial charge >= 0.3 is 0 Å². The monoisotopic (exact) mass is 281 g/mol. The summed E-state index contributed by atoms with van der Waals surface area (Å²) in [5, 5.41) is 2.90. The second-order valence-corrected chi connectivity index (χ2v) is 6.42. The Kier molecular flexibility index (Phi) is 5.02. The van der Waals surface area contributed by atoms with E-state index >= 15 is 0 Å². The van der Waals surface area contributed by atoms with Crippen molar-refractivity contribution < 1.29 is 9.59 Å². The molecule has 3 N–H and O–H groups in total. The molecule has 1 aliphatic carbocycles. The Balaban J connectivity index is 1.85. The number of amides is 2. The molecular weight excluding hydrogens is 254 g/mol. The predicted molar refractivity (Wildman–Crippen MR) is 77.9 cm³/mol. The lowest BCUT2D eigenvalue weighted by atomic mass is 9.77. The Bertz CT molecular complexity index is 366. The van der Waals surface area contributed by atoms with E-state index in [1.807, 2.05) is 4.90 Å². The molecule has 1 saturated carbocycles. The van der Waals surface area contributed by atoms with E-state index in [0.717, 1.165) is 45.2 Å². The number of nitrogens with two attached hydrogens (primary N) is 1. The van der Waals surface area contributed by atoms with Gasteiger partial charge in [0.2, 0.25) is 11.8 Å². The van der Waals surface area contributed by atoms with E-state index in [4.69, 9.17) is 5.73 Å². The molecule has 1 aliphatic heterocycles. The number of rotatable bonds is 3. The van der Waals surface area contributed by atoms with Gasteiger partial charge in [-0.2, -0.15) is 0 Å². The minimum Gasteiger partial charge on any atom is -0.344 e. The Morgan fingerprint density at radius 3 is 2.50 bits per heavy atom. The van der Waals surface area contributed by atoms with Crippen molar-refractivity contribution in [1.82, 2.24) is 10.2 Å². The third-order valence-corrected chi connectivity index (χ3v) is 4.69. The molecule has 1 saturated heterocycles. The van der Waals surface area contributed by atoms with E-state index in [-0.39, 0.29) is 23.8 Å². The first kappa shape index (κ1) is 15.3. The van der Waals surface area contributed by atoms with Gasteiger partial charge in [-0.1, -0.05) is 6.92 Å². The number of hydrogen-bond acceptors (Lipinski definition) is 3. The van der Waals surface area contributed by atoms with E-state index in [2.05, 4.69) is 12.2 Å². The van der Waals surface area contributed by atoms with Gasteiger partial charge < -0.3 is 16.0 Å². The van der Waals surface area contributed by atoms with E-state index in [1.54, 1.807) is 6.92 Å². The first-order valence-electron chi connectivity index (χ1n) is 7.83. The van der Waals surface area contributed by atoms with Gasteiger partial charge in [0.05, 0.1) is 0 Å². The van der Waals surface area contributed by atoms with Crippen LogP contribution in [0.15, 0.2) is 0 Å². The van der Waals surface area contributed by atoms with Crippen LogP contribution in [0.1, 0.15) is 46.0 Å². The largest absolute Gasteiger partial charge is 0.344 e. The molecule has 0 spiro atoms. The van der Waals surface area contributed by atoms with Crippen molar-refractivity contribution >= 4 is 11.8 Å². The number of nitrogens with zero attached hydrogens (tertiary/aromatic N) is 1. The van der Waals surface area contributed by atoms with Crippen LogP contribution in [0, 0.1) is 11.8 Å². The highest BCUT2D eigenvalue weighted by atomic mass is 16.2. The highest BCUT2D eigenvalue weighted by Crippen LogP contribution is 2.29. The molecule has 20 heavy (non-hydrogen) atoms. The minimum absolute atomic E-state index is 0.00336. The molecule has 0 aromatic rings. The standard InChI is InChI=1S/C15H27N3O2/c1-10-9-12(16)5-6-13(10)14(19)17-11(2)15(20)18-7-3-4-8-18/h10-13H,3-9,16H2,1-2H3,(H,17,19). The van der Waals surface area contributed by atoms with Crippen molar-refractivity contribution in [2.45, 2.75) is 58.0 Å². The lowest BCUT2D eigenvalue weighted by Crippen LogP contribution is -2.49. The minimum atomic E-state index is -0.414. The average Bonchev–Trinajstić information content (AvgIpc) is 2.91. The summed E-state index contributed by atoms with van der Waals surface area (Å²) in [5.41, 5.74) is 5.93. The van der Waals surface area contributed by atoms with Gasteiger partial charge in [-0.15, -0.1) is 0 Å². The number of likely N-dealkylation sites (tertiary alicyclic amines) is 1. The second kappa shape index (κ2) is 6.57. The lowest BCUT2D eigenvalue weighted by Gasteiger charge is -2.32. The highest BCUT2D eigenvalue weighted by Gasteiger charge is 2.33. The van der Waals surface area contributed by atoms with Crippen LogP contribution in [0.4, 0.5) is 0 Å². The van der Waals surface area contributed by atoms with Gasteiger partial charge in [-0.3, -0.25) is 9.59 Å². The first-order chi connectivity index (χ1) is 9.49. The van der Waals surface area contributed by atoms with Crippen molar-refractivity contribution in [3.05, 3.63) is 0 Å². The number of hydrogen-bond donors (Lipinski definition) is 2. The molecule has 2 fully saturated rings. The maximum absolute atomic E-state index is 12.3. The molecule has 4 atom stereocenters. The molecule has 0 aromatic heterocycles. The number of carbonyl (C=O) groups excluding carboxylic acids is 2. The van der Waals surface area contributed by atoms with E-state index in [0.29, 0.717) is 5.92 Å². The topological polar surface area (TPSA) is 75.4 Å². The zero-order valence-corrected chi connectivity index (χ0v) is 12.6. The van der Waals surface area contributed by atoms with Crippen LogP contribution in [-0.4, -0.2) is 41.9 Å².